The van der Waals surface area contributed by atoms with Gasteiger partial charge in [0.25, 0.3) is 0 Å². The number of halogens is 3. The van der Waals surface area contributed by atoms with Crippen molar-refractivity contribution in [2.75, 3.05) is 29.0 Å². The number of ether oxygens (including phenoxy) is 1. The summed E-state index contributed by atoms with van der Waals surface area (Å²) in [6.07, 6.45) is -1.69. The minimum absolute atomic E-state index is 0.00803. The van der Waals surface area contributed by atoms with Gasteiger partial charge >= 0.3 is 12.2 Å². The van der Waals surface area contributed by atoms with Gasteiger partial charge in [-0.15, -0.1) is 0 Å². The second-order valence-electron chi connectivity index (χ2n) is 5.75. The van der Waals surface area contributed by atoms with Gasteiger partial charge in [-0.05, 0) is 30.7 Å². The van der Waals surface area contributed by atoms with E-state index in [4.69, 9.17) is 5.21 Å². The molecule has 9 nitrogen and oxygen atoms in total. The van der Waals surface area contributed by atoms with Crippen LogP contribution in [0.25, 0.3) is 0 Å². The summed E-state index contributed by atoms with van der Waals surface area (Å²) >= 11 is 0. The predicted molar refractivity (Wildman–Crippen MR) is 96.7 cm³/mol. The van der Waals surface area contributed by atoms with Crippen molar-refractivity contribution in [1.82, 2.24) is 15.0 Å². The van der Waals surface area contributed by atoms with Gasteiger partial charge in [-0.3, -0.25) is 5.21 Å². The second kappa shape index (κ2) is 9.90. The minimum Gasteiger partial charge on any atom is -0.733 e. The highest BCUT2D eigenvalue weighted by atomic mass is 19.4. The highest BCUT2D eigenvalue weighted by Gasteiger charge is 2.29. The average molecular weight is 401 g/mol. The molecule has 3 N–H and O–H groups in total. The Morgan fingerprint density at radius 3 is 2.39 bits per heavy atom. The maximum Gasteiger partial charge on any atom is 0.422 e. The molecule has 0 spiro atoms. The third kappa shape index (κ3) is 7.40. The van der Waals surface area contributed by atoms with Crippen LogP contribution in [0.2, 0.25) is 0 Å². The summed E-state index contributed by atoms with van der Waals surface area (Å²) in [7, 11) is 0. The largest absolute Gasteiger partial charge is 0.733 e. The summed E-state index contributed by atoms with van der Waals surface area (Å²) in [4.78, 5) is 11.8. The minimum atomic E-state index is -4.53. The van der Waals surface area contributed by atoms with E-state index in [-0.39, 0.29) is 22.8 Å². The Kier molecular flexibility index (Phi) is 7.58. The fraction of sp³-hybridized carbons (Fsp3) is 0.438. The first-order chi connectivity index (χ1) is 13.3. The monoisotopic (exact) mass is 401 g/mol. The van der Waals surface area contributed by atoms with Crippen molar-refractivity contribution in [3.05, 3.63) is 29.5 Å². The van der Waals surface area contributed by atoms with Crippen LogP contribution in [0.4, 0.5) is 36.4 Å². The predicted octanol–water partition coefficient (Wildman–Crippen LogP) is 3.85. The maximum absolute atomic E-state index is 12.4. The molecule has 2 aromatic rings. The molecule has 0 fully saturated rings. The molecule has 0 atom stereocenters. The van der Waals surface area contributed by atoms with Crippen LogP contribution < -0.4 is 20.6 Å². The van der Waals surface area contributed by atoms with Crippen LogP contribution in [0.1, 0.15) is 26.2 Å². The third-order valence-electron chi connectivity index (χ3n) is 3.39. The Morgan fingerprint density at radius 2 is 1.79 bits per heavy atom. The molecule has 0 aliphatic carbocycles. The molecule has 1 aromatic carbocycles. The molecule has 1 aromatic heterocycles. The van der Waals surface area contributed by atoms with Gasteiger partial charge in [-0.25, -0.2) is 0 Å². The molecule has 0 bridgehead atoms. The van der Waals surface area contributed by atoms with Gasteiger partial charge in [0, 0.05) is 12.2 Å². The van der Waals surface area contributed by atoms with E-state index in [1.807, 2.05) is 6.92 Å². The molecule has 28 heavy (non-hydrogen) atoms. The van der Waals surface area contributed by atoms with E-state index in [0.29, 0.717) is 12.2 Å². The Hall–Kier alpha value is -2.86. The molecule has 0 radical (unpaired) electrons. The number of hydrogen-bond donors (Lipinski definition) is 3. The molecular weight excluding hydrogens is 381 g/mol. The van der Waals surface area contributed by atoms with Gasteiger partial charge in [-0.2, -0.15) is 28.1 Å². The van der Waals surface area contributed by atoms with Crippen LogP contribution in [0.15, 0.2) is 24.3 Å². The van der Waals surface area contributed by atoms with Crippen molar-refractivity contribution in [2.45, 2.75) is 32.4 Å². The lowest BCUT2D eigenvalue weighted by atomic mass is 10.2. The molecule has 0 amide bonds. The number of rotatable bonds is 10. The first-order valence-corrected chi connectivity index (χ1v) is 8.49. The van der Waals surface area contributed by atoms with Gasteiger partial charge in [0.05, 0.1) is 5.69 Å². The number of hydrogen-bond acceptors (Lipinski definition) is 9. The Balaban J connectivity index is 2.15. The van der Waals surface area contributed by atoms with E-state index in [1.54, 1.807) is 0 Å². The zero-order chi connectivity index (χ0) is 20.6. The Bertz CT molecular complexity index is 743. The van der Waals surface area contributed by atoms with Crippen LogP contribution in [0.3, 0.4) is 0 Å². The summed E-state index contributed by atoms with van der Waals surface area (Å²) in [5.74, 6) is 0.0318. The van der Waals surface area contributed by atoms with Crippen molar-refractivity contribution in [3.63, 3.8) is 0 Å². The van der Waals surface area contributed by atoms with Gasteiger partial charge < -0.3 is 25.8 Å². The quantitative estimate of drug-likeness (QED) is 0.403. The van der Waals surface area contributed by atoms with Gasteiger partial charge in [0.1, 0.15) is 0 Å². The lowest BCUT2D eigenvalue weighted by Gasteiger charge is -2.21. The fourth-order valence-electron chi connectivity index (χ4n) is 2.08. The number of anilines is 4. The van der Waals surface area contributed by atoms with Crippen LogP contribution in [-0.2, 0) is 0 Å². The van der Waals surface area contributed by atoms with Crippen LogP contribution in [-0.4, -0.2) is 39.5 Å². The first-order valence-electron chi connectivity index (χ1n) is 8.49. The highest BCUT2D eigenvalue weighted by Crippen LogP contribution is 2.21. The summed E-state index contributed by atoms with van der Waals surface area (Å²) in [6, 6.07) is 5.11. The van der Waals surface area contributed by atoms with Crippen molar-refractivity contribution >= 4 is 23.3 Å². The number of aromatic nitrogens is 3. The van der Waals surface area contributed by atoms with Crippen molar-refractivity contribution in [1.29, 1.82) is 0 Å². The van der Waals surface area contributed by atoms with E-state index in [2.05, 4.69) is 30.3 Å². The molecule has 0 aliphatic rings. The smallest absolute Gasteiger partial charge is 0.422 e. The summed E-state index contributed by atoms with van der Waals surface area (Å²) in [6.45, 7) is 1.05. The third-order valence-corrected chi connectivity index (χ3v) is 3.39. The van der Waals surface area contributed by atoms with E-state index in [0.717, 1.165) is 19.3 Å². The van der Waals surface area contributed by atoms with Crippen molar-refractivity contribution < 1.29 is 23.1 Å². The normalized spacial score (nSPS) is 11.2. The fourth-order valence-corrected chi connectivity index (χ4v) is 2.08. The summed E-state index contributed by atoms with van der Waals surface area (Å²) < 4.78 is 41.8. The number of alkyl halides is 3. The standard InChI is InChI=1S/C16H20F3N6O3/c1-2-3-4-9-20-13-22-14(24-15(23-13)28-10-16(17,18)19)21-11-5-7-12(8-6-11)25(26)27/h5-8,26H,2-4,9-10H2,1H3,(H2,20,21,22,23,24)/q-1. The van der Waals surface area contributed by atoms with E-state index < -0.39 is 18.8 Å². The number of nitrogens with one attached hydrogen (secondary N) is 2. The average Bonchev–Trinajstić information content (AvgIpc) is 2.63. The van der Waals surface area contributed by atoms with Crippen molar-refractivity contribution in [3.8, 4) is 6.01 Å². The Labute approximate surface area is 159 Å². The van der Waals surface area contributed by atoms with Crippen LogP contribution in [0.5, 0.6) is 6.01 Å². The SMILES string of the molecule is CCCCCNc1nc(Nc2ccc(N([O-])O)cc2)nc(OCC(F)(F)F)n1. The molecule has 1 heterocycles. The first kappa shape index (κ1) is 21.4. The van der Waals surface area contributed by atoms with Gasteiger partial charge in [0.2, 0.25) is 11.9 Å². The van der Waals surface area contributed by atoms with E-state index in [1.165, 1.54) is 24.3 Å². The molecule has 0 saturated carbocycles. The van der Waals surface area contributed by atoms with Crippen LogP contribution >= 0.6 is 0 Å². The molecule has 0 unspecified atom stereocenters. The molecule has 154 valence electrons. The summed E-state index contributed by atoms with van der Waals surface area (Å²) in [5.41, 5.74) is 0.448. The van der Waals surface area contributed by atoms with Crippen molar-refractivity contribution in [2.24, 2.45) is 0 Å². The maximum atomic E-state index is 12.4. The lowest BCUT2D eigenvalue weighted by Crippen LogP contribution is -2.21. The molecule has 2 rings (SSSR count). The number of benzene rings is 1. The number of unbranched alkanes of at least 4 members (excludes halogenated alkanes) is 2. The molecule has 0 saturated heterocycles. The zero-order valence-corrected chi connectivity index (χ0v) is 15.0. The molecule has 12 heteroatoms. The molecule has 0 aliphatic heterocycles. The Morgan fingerprint density at radius 1 is 1.11 bits per heavy atom. The lowest BCUT2D eigenvalue weighted by molar-refractivity contribution is -0.154. The number of nitrogens with zero attached hydrogens (tertiary/aromatic N) is 4. The second-order valence-corrected chi connectivity index (χ2v) is 5.75. The van der Waals surface area contributed by atoms with E-state index >= 15 is 0 Å². The topological polar surface area (TPSA) is 118 Å². The summed E-state index contributed by atoms with van der Waals surface area (Å²) in [5, 5.41) is 25.0. The van der Waals surface area contributed by atoms with Gasteiger partial charge in [0.15, 0.2) is 6.61 Å². The van der Waals surface area contributed by atoms with Crippen LogP contribution in [0, 0.1) is 5.21 Å². The van der Waals surface area contributed by atoms with Gasteiger partial charge in [-0.1, -0.05) is 19.8 Å². The molecular formula is C16H20F3N6O3-. The highest BCUT2D eigenvalue weighted by molar-refractivity contribution is 5.59. The zero-order valence-electron chi connectivity index (χ0n) is 15.0. The van der Waals surface area contributed by atoms with E-state index in [9.17, 15) is 18.4 Å².